The maximum atomic E-state index is 12.4. The molecule has 0 aromatic heterocycles. The minimum atomic E-state index is -1.08. The molecule has 0 fully saturated rings. The van der Waals surface area contributed by atoms with Gasteiger partial charge in [-0.2, -0.15) is 0 Å². The van der Waals surface area contributed by atoms with E-state index in [0.717, 1.165) is 10.6 Å². The highest BCUT2D eigenvalue weighted by atomic mass is 32.2. The van der Waals surface area contributed by atoms with Crippen molar-refractivity contribution in [1.82, 2.24) is 0 Å². The first-order valence-corrected chi connectivity index (χ1v) is 8.86. The maximum absolute atomic E-state index is 12.4. The third kappa shape index (κ3) is 5.30. The zero-order valence-corrected chi connectivity index (χ0v) is 14.0. The average molecular weight is 330 g/mol. The second-order valence-corrected chi connectivity index (χ2v) is 7.33. The fraction of sp³-hybridized carbons (Fsp3) is 0.278. The van der Waals surface area contributed by atoms with Crippen LogP contribution in [0.15, 0.2) is 65.6 Å². The number of nitrogens with two attached hydrogens (primary N) is 1. The Morgan fingerprint density at radius 2 is 1.61 bits per heavy atom. The van der Waals surface area contributed by atoms with Gasteiger partial charge in [0.1, 0.15) is 0 Å². The van der Waals surface area contributed by atoms with E-state index in [1.54, 1.807) is 0 Å². The summed E-state index contributed by atoms with van der Waals surface area (Å²) in [4.78, 5) is 12.9. The highest BCUT2D eigenvalue weighted by molar-refractivity contribution is 7.85. The van der Waals surface area contributed by atoms with Crippen molar-refractivity contribution in [2.24, 2.45) is 5.73 Å². The fourth-order valence-electron chi connectivity index (χ4n) is 2.20. The van der Waals surface area contributed by atoms with Crippen LogP contribution in [0.1, 0.15) is 19.8 Å². The summed E-state index contributed by atoms with van der Waals surface area (Å²) in [5, 5.41) is 2.74. The minimum absolute atomic E-state index is 0.0482. The van der Waals surface area contributed by atoms with Gasteiger partial charge in [0.2, 0.25) is 5.91 Å². The standard InChI is InChI=1S/C18H22N2O2S/c1-14(23(22)16-10-6-3-7-11-16)12-13-17(19)18(21)20-15-8-4-2-5-9-15/h2-11,14,17H,12-13,19H2,1H3,(H,20,21). The smallest absolute Gasteiger partial charge is 0.241 e. The SMILES string of the molecule is CC(CCC(N)C(=O)Nc1ccccc1)S(=O)c1ccccc1. The van der Waals surface area contributed by atoms with Crippen molar-refractivity contribution in [2.45, 2.75) is 36.0 Å². The topological polar surface area (TPSA) is 72.2 Å². The first kappa shape index (κ1) is 17.4. The van der Waals surface area contributed by atoms with Crippen LogP contribution in [0.4, 0.5) is 5.69 Å². The van der Waals surface area contributed by atoms with E-state index in [-0.39, 0.29) is 11.2 Å². The van der Waals surface area contributed by atoms with Gasteiger partial charge in [-0.05, 0) is 37.1 Å². The predicted molar refractivity (Wildman–Crippen MR) is 94.6 cm³/mol. The van der Waals surface area contributed by atoms with E-state index < -0.39 is 16.8 Å². The molecule has 0 saturated heterocycles. The molecular formula is C18H22N2O2S. The number of benzene rings is 2. The van der Waals surface area contributed by atoms with Crippen molar-refractivity contribution in [2.75, 3.05) is 5.32 Å². The van der Waals surface area contributed by atoms with Crippen molar-refractivity contribution in [3.05, 3.63) is 60.7 Å². The van der Waals surface area contributed by atoms with Crippen LogP contribution in [0.3, 0.4) is 0 Å². The van der Waals surface area contributed by atoms with Gasteiger partial charge in [0.05, 0.1) is 16.8 Å². The van der Waals surface area contributed by atoms with Gasteiger partial charge in [-0.3, -0.25) is 9.00 Å². The van der Waals surface area contributed by atoms with Crippen LogP contribution in [-0.4, -0.2) is 21.4 Å². The average Bonchev–Trinajstić information content (AvgIpc) is 2.60. The lowest BCUT2D eigenvalue weighted by Crippen LogP contribution is -2.36. The van der Waals surface area contributed by atoms with Gasteiger partial charge in [-0.15, -0.1) is 0 Å². The number of anilines is 1. The van der Waals surface area contributed by atoms with Gasteiger partial charge in [-0.25, -0.2) is 0 Å². The number of hydrogen-bond acceptors (Lipinski definition) is 3. The van der Waals surface area contributed by atoms with E-state index in [1.807, 2.05) is 67.6 Å². The van der Waals surface area contributed by atoms with E-state index in [2.05, 4.69) is 5.32 Å². The highest BCUT2D eigenvalue weighted by Crippen LogP contribution is 2.15. The summed E-state index contributed by atoms with van der Waals surface area (Å²) >= 11 is 0. The normalized spacial score (nSPS) is 14.7. The Morgan fingerprint density at radius 3 is 2.22 bits per heavy atom. The van der Waals surface area contributed by atoms with Gasteiger partial charge in [0.15, 0.2) is 0 Å². The molecule has 0 spiro atoms. The van der Waals surface area contributed by atoms with Gasteiger partial charge in [0.25, 0.3) is 0 Å². The first-order valence-electron chi connectivity index (χ1n) is 7.65. The summed E-state index contributed by atoms with van der Waals surface area (Å²) in [7, 11) is -1.08. The Balaban J connectivity index is 1.82. The minimum Gasteiger partial charge on any atom is -0.325 e. The monoisotopic (exact) mass is 330 g/mol. The number of rotatable bonds is 7. The van der Waals surface area contributed by atoms with Crippen LogP contribution in [-0.2, 0) is 15.6 Å². The molecule has 4 nitrogen and oxygen atoms in total. The Kier molecular flexibility index (Phi) is 6.50. The molecule has 2 aromatic rings. The Bertz CT molecular complexity index is 647. The molecule has 122 valence electrons. The molecule has 3 unspecified atom stereocenters. The second-order valence-electron chi connectivity index (χ2n) is 5.46. The van der Waals surface area contributed by atoms with Crippen LogP contribution in [0.25, 0.3) is 0 Å². The zero-order chi connectivity index (χ0) is 16.7. The van der Waals surface area contributed by atoms with Gasteiger partial charge < -0.3 is 11.1 Å². The molecule has 0 radical (unpaired) electrons. The molecule has 5 heteroatoms. The van der Waals surface area contributed by atoms with E-state index in [9.17, 15) is 9.00 Å². The molecular weight excluding hydrogens is 308 g/mol. The maximum Gasteiger partial charge on any atom is 0.241 e. The van der Waals surface area contributed by atoms with Crippen LogP contribution in [0.5, 0.6) is 0 Å². The lowest BCUT2D eigenvalue weighted by molar-refractivity contribution is -0.117. The fourth-order valence-corrected chi connectivity index (χ4v) is 3.44. The predicted octanol–water partition coefficient (Wildman–Crippen LogP) is 2.93. The van der Waals surface area contributed by atoms with E-state index in [1.165, 1.54) is 0 Å². The quantitative estimate of drug-likeness (QED) is 0.820. The van der Waals surface area contributed by atoms with Gasteiger partial charge >= 0.3 is 0 Å². The molecule has 3 N–H and O–H groups in total. The number of carbonyl (C=O) groups is 1. The molecule has 3 atom stereocenters. The molecule has 2 aromatic carbocycles. The van der Waals surface area contributed by atoms with Gasteiger partial charge in [0, 0.05) is 15.8 Å². The lowest BCUT2D eigenvalue weighted by Gasteiger charge is -2.15. The Labute approximate surface area is 139 Å². The number of para-hydroxylation sites is 1. The number of nitrogens with one attached hydrogen (secondary N) is 1. The molecule has 0 aliphatic heterocycles. The Morgan fingerprint density at radius 1 is 1.04 bits per heavy atom. The van der Waals surface area contributed by atoms with Crippen LogP contribution in [0, 0.1) is 0 Å². The molecule has 0 bridgehead atoms. The van der Waals surface area contributed by atoms with Gasteiger partial charge in [-0.1, -0.05) is 43.3 Å². The summed E-state index contributed by atoms with van der Waals surface area (Å²) < 4.78 is 12.4. The first-order chi connectivity index (χ1) is 11.1. The van der Waals surface area contributed by atoms with E-state index in [4.69, 9.17) is 5.73 Å². The molecule has 23 heavy (non-hydrogen) atoms. The van der Waals surface area contributed by atoms with Crippen molar-refractivity contribution < 1.29 is 9.00 Å². The number of hydrogen-bond donors (Lipinski definition) is 2. The number of carbonyl (C=O) groups excluding carboxylic acids is 1. The zero-order valence-electron chi connectivity index (χ0n) is 13.1. The molecule has 1 amide bonds. The summed E-state index contributed by atoms with van der Waals surface area (Å²) in [5.74, 6) is -0.214. The van der Waals surface area contributed by atoms with Crippen LogP contribution in [0.2, 0.25) is 0 Å². The summed E-state index contributed by atoms with van der Waals surface area (Å²) in [6.07, 6.45) is 1.13. The summed E-state index contributed by atoms with van der Waals surface area (Å²) in [6, 6.07) is 18.0. The molecule has 0 saturated carbocycles. The van der Waals surface area contributed by atoms with E-state index >= 15 is 0 Å². The molecule has 0 heterocycles. The third-order valence-corrected chi connectivity index (χ3v) is 5.31. The third-order valence-electron chi connectivity index (χ3n) is 3.60. The van der Waals surface area contributed by atoms with Crippen molar-refractivity contribution in [1.29, 1.82) is 0 Å². The lowest BCUT2D eigenvalue weighted by atomic mass is 10.1. The summed E-state index contributed by atoms with van der Waals surface area (Å²) in [5.41, 5.74) is 6.67. The van der Waals surface area contributed by atoms with Crippen molar-refractivity contribution in [3.63, 3.8) is 0 Å². The van der Waals surface area contributed by atoms with E-state index in [0.29, 0.717) is 12.8 Å². The Hall–Kier alpha value is -1.98. The highest BCUT2D eigenvalue weighted by Gasteiger charge is 2.18. The largest absolute Gasteiger partial charge is 0.325 e. The summed E-state index contributed by atoms with van der Waals surface area (Å²) in [6.45, 7) is 1.92. The van der Waals surface area contributed by atoms with Crippen LogP contribution < -0.4 is 11.1 Å². The molecule has 0 aliphatic rings. The second kappa shape index (κ2) is 8.60. The number of amides is 1. The molecule has 0 aliphatic carbocycles. The molecule has 2 rings (SSSR count). The van der Waals surface area contributed by atoms with Crippen LogP contribution >= 0.6 is 0 Å². The van der Waals surface area contributed by atoms with Crippen molar-refractivity contribution >= 4 is 22.4 Å². The van der Waals surface area contributed by atoms with Crippen molar-refractivity contribution in [3.8, 4) is 0 Å².